The van der Waals surface area contributed by atoms with Crippen molar-refractivity contribution in [3.63, 3.8) is 0 Å². The van der Waals surface area contributed by atoms with Gasteiger partial charge in [0, 0.05) is 12.5 Å². The number of para-hydroxylation sites is 1. The Bertz CT molecular complexity index is 322. The first kappa shape index (κ1) is 11.5. The van der Waals surface area contributed by atoms with E-state index in [0.717, 1.165) is 18.9 Å². The molecule has 1 aliphatic heterocycles. The standard InChI is InChI=1S/C14H21NO/c1-11-5-3-6-12(2)14(11)16-10-13-7-4-8-15-9-13/h3,5-6,13,15H,4,7-10H2,1-2H3/t13-/m0/s1. The van der Waals surface area contributed by atoms with Crippen LogP contribution in [0.3, 0.4) is 0 Å². The number of rotatable bonds is 3. The molecule has 88 valence electrons. The van der Waals surface area contributed by atoms with Gasteiger partial charge in [-0.25, -0.2) is 0 Å². The molecule has 1 atom stereocenters. The van der Waals surface area contributed by atoms with Crippen molar-refractivity contribution >= 4 is 0 Å². The maximum atomic E-state index is 5.97. The summed E-state index contributed by atoms with van der Waals surface area (Å²) in [7, 11) is 0. The van der Waals surface area contributed by atoms with Crippen molar-refractivity contribution < 1.29 is 4.74 Å². The number of hydrogen-bond acceptors (Lipinski definition) is 2. The molecule has 1 aromatic carbocycles. The lowest BCUT2D eigenvalue weighted by Gasteiger charge is -2.23. The van der Waals surface area contributed by atoms with Crippen molar-refractivity contribution in [1.82, 2.24) is 5.32 Å². The number of piperidine rings is 1. The maximum absolute atomic E-state index is 5.97. The predicted molar refractivity (Wildman–Crippen MR) is 67.0 cm³/mol. The Kier molecular flexibility index (Phi) is 3.83. The van der Waals surface area contributed by atoms with Crippen molar-refractivity contribution in [3.05, 3.63) is 29.3 Å². The fourth-order valence-electron chi connectivity index (χ4n) is 2.29. The van der Waals surface area contributed by atoms with Crippen molar-refractivity contribution in [1.29, 1.82) is 0 Å². The van der Waals surface area contributed by atoms with E-state index < -0.39 is 0 Å². The third-order valence-corrected chi connectivity index (χ3v) is 3.27. The van der Waals surface area contributed by atoms with Gasteiger partial charge in [-0.1, -0.05) is 18.2 Å². The zero-order valence-corrected chi connectivity index (χ0v) is 10.3. The second-order valence-electron chi connectivity index (χ2n) is 4.74. The molecule has 16 heavy (non-hydrogen) atoms. The molecule has 2 rings (SSSR count). The Hall–Kier alpha value is -1.02. The molecule has 1 fully saturated rings. The van der Waals surface area contributed by atoms with E-state index in [-0.39, 0.29) is 0 Å². The summed E-state index contributed by atoms with van der Waals surface area (Å²) in [6.45, 7) is 7.34. The zero-order valence-electron chi connectivity index (χ0n) is 10.3. The highest BCUT2D eigenvalue weighted by Crippen LogP contribution is 2.23. The molecule has 0 radical (unpaired) electrons. The van der Waals surface area contributed by atoms with Crippen LogP contribution in [0.2, 0.25) is 0 Å². The second-order valence-corrected chi connectivity index (χ2v) is 4.74. The molecule has 1 aliphatic rings. The zero-order chi connectivity index (χ0) is 11.4. The molecule has 0 aromatic heterocycles. The third kappa shape index (κ3) is 2.76. The summed E-state index contributed by atoms with van der Waals surface area (Å²) < 4.78 is 5.97. The molecule has 0 aliphatic carbocycles. The van der Waals surface area contributed by atoms with Crippen LogP contribution in [0.1, 0.15) is 24.0 Å². The lowest BCUT2D eigenvalue weighted by Crippen LogP contribution is -2.33. The van der Waals surface area contributed by atoms with E-state index in [1.54, 1.807) is 0 Å². The Balaban J connectivity index is 1.93. The topological polar surface area (TPSA) is 21.3 Å². The van der Waals surface area contributed by atoms with Crippen LogP contribution in [-0.2, 0) is 0 Å². The molecule has 0 amide bonds. The number of hydrogen-bond donors (Lipinski definition) is 1. The van der Waals surface area contributed by atoms with Crippen LogP contribution >= 0.6 is 0 Å². The van der Waals surface area contributed by atoms with Gasteiger partial charge < -0.3 is 10.1 Å². The first-order chi connectivity index (χ1) is 7.77. The minimum atomic E-state index is 0.674. The average Bonchev–Trinajstić information content (AvgIpc) is 2.30. The summed E-state index contributed by atoms with van der Waals surface area (Å²) in [5.41, 5.74) is 2.48. The summed E-state index contributed by atoms with van der Waals surface area (Å²) in [4.78, 5) is 0. The van der Waals surface area contributed by atoms with Crippen molar-refractivity contribution in [2.75, 3.05) is 19.7 Å². The Morgan fingerprint density at radius 2 is 2.06 bits per heavy atom. The van der Waals surface area contributed by atoms with E-state index in [1.807, 2.05) is 0 Å². The van der Waals surface area contributed by atoms with Crippen LogP contribution in [0.25, 0.3) is 0 Å². The Labute approximate surface area is 98.0 Å². The van der Waals surface area contributed by atoms with Gasteiger partial charge in [0.05, 0.1) is 6.61 Å². The molecule has 1 N–H and O–H groups in total. The van der Waals surface area contributed by atoms with E-state index >= 15 is 0 Å². The monoisotopic (exact) mass is 219 g/mol. The van der Waals surface area contributed by atoms with E-state index in [2.05, 4.69) is 37.4 Å². The maximum Gasteiger partial charge on any atom is 0.125 e. The molecular weight excluding hydrogens is 198 g/mol. The summed E-state index contributed by atoms with van der Waals surface area (Å²) in [5.74, 6) is 1.75. The van der Waals surface area contributed by atoms with E-state index in [4.69, 9.17) is 4.74 Å². The third-order valence-electron chi connectivity index (χ3n) is 3.27. The number of aryl methyl sites for hydroxylation is 2. The van der Waals surface area contributed by atoms with Gasteiger partial charge in [0.15, 0.2) is 0 Å². The molecule has 1 aromatic rings. The molecule has 2 nitrogen and oxygen atoms in total. The fourth-order valence-corrected chi connectivity index (χ4v) is 2.29. The van der Waals surface area contributed by atoms with Gasteiger partial charge in [0.2, 0.25) is 0 Å². The molecule has 1 saturated heterocycles. The quantitative estimate of drug-likeness (QED) is 0.844. The summed E-state index contributed by atoms with van der Waals surface area (Å²) >= 11 is 0. The van der Waals surface area contributed by atoms with E-state index in [1.165, 1.54) is 30.5 Å². The normalized spacial score (nSPS) is 20.8. The van der Waals surface area contributed by atoms with Crippen molar-refractivity contribution in [3.8, 4) is 5.75 Å². The largest absolute Gasteiger partial charge is 0.493 e. The summed E-state index contributed by atoms with van der Waals surface area (Å²) in [6, 6.07) is 6.31. The van der Waals surface area contributed by atoms with Crippen LogP contribution in [0, 0.1) is 19.8 Å². The highest BCUT2D eigenvalue weighted by molar-refractivity contribution is 5.39. The van der Waals surface area contributed by atoms with Crippen LogP contribution in [-0.4, -0.2) is 19.7 Å². The first-order valence-corrected chi connectivity index (χ1v) is 6.17. The average molecular weight is 219 g/mol. The van der Waals surface area contributed by atoms with E-state index in [9.17, 15) is 0 Å². The fraction of sp³-hybridized carbons (Fsp3) is 0.571. The smallest absolute Gasteiger partial charge is 0.125 e. The van der Waals surface area contributed by atoms with Gasteiger partial charge >= 0.3 is 0 Å². The van der Waals surface area contributed by atoms with E-state index in [0.29, 0.717) is 5.92 Å². The number of benzene rings is 1. The highest BCUT2D eigenvalue weighted by atomic mass is 16.5. The first-order valence-electron chi connectivity index (χ1n) is 6.17. The summed E-state index contributed by atoms with van der Waals surface area (Å²) in [6.07, 6.45) is 2.57. The molecular formula is C14H21NO. The van der Waals surface area contributed by atoms with Gasteiger partial charge in [0.1, 0.15) is 5.75 Å². The lowest BCUT2D eigenvalue weighted by molar-refractivity contribution is 0.216. The number of ether oxygens (including phenoxy) is 1. The molecule has 0 spiro atoms. The van der Waals surface area contributed by atoms with Gasteiger partial charge in [0.25, 0.3) is 0 Å². The lowest BCUT2D eigenvalue weighted by atomic mass is 10.0. The number of nitrogens with one attached hydrogen (secondary N) is 1. The molecule has 2 heteroatoms. The summed E-state index contributed by atoms with van der Waals surface area (Å²) in [5, 5.41) is 3.42. The van der Waals surface area contributed by atoms with Gasteiger partial charge in [-0.05, 0) is 44.4 Å². The predicted octanol–water partition coefficient (Wildman–Crippen LogP) is 2.68. The van der Waals surface area contributed by atoms with Crippen molar-refractivity contribution in [2.45, 2.75) is 26.7 Å². The van der Waals surface area contributed by atoms with Gasteiger partial charge in [-0.3, -0.25) is 0 Å². The molecule has 0 unspecified atom stereocenters. The highest BCUT2D eigenvalue weighted by Gasteiger charge is 2.14. The second kappa shape index (κ2) is 5.35. The Morgan fingerprint density at radius 3 is 2.69 bits per heavy atom. The van der Waals surface area contributed by atoms with Gasteiger partial charge in [-0.15, -0.1) is 0 Å². The van der Waals surface area contributed by atoms with Crippen LogP contribution < -0.4 is 10.1 Å². The van der Waals surface area contributed by atoms with Crippen LogP contribution in [0.5, 0.6) is 5.75 Å². The van der Waals surface area contributed by atoms with Crippen LogP contribution in [0.15, 0.2) is 18.2 Å². The molecule has 0 saturated carbocycles. The minimum absolute atomic E-state index is 0.674. The minimum Gasteiger partial charge on any atom is -0.493 e. The molecule has 0 bridgehead atoms. The molecule has 1 heterocycles. The van der Waals surface area contributed by atoms with Crippen LogP contribution in [0.4, 0.5) is 0 Å². The van der Waals surface area contributed by atoms with Crippen molar-refractivity contribution in [2.24, 2.45) is 5.92 Å². The SMILES string of the molecule is Cc1cccc(C)c1OC[C@H]1CCCNC1. The Morgan fingerprint density at radius 1 is 1.31 bits per heavy atom. The van der Waals surface area contributed by atoms with Gasteiger partial charge in [-0.2, -0.15) is 0 Å².